The maximum atomic E-state index is 13.1. The van der Waals surface area contributed by atoms with E-state index in [2.05, 4.69) is 27.0 Å². The number of hydrogen-bond acceptors (Lipinski definition) is 8. The van der Waals surface area contributed by atoms with Gasteiger partial charge in [-0.2, -0.15) is 10.1 Å². The standard InChI is InChI=1S/C23H30N8O3/c1-7-31-13(2)16(10-26-31)19-28-17-20(29(19)6)24-12-25-21(17)33-15-8-9-30(11-15)22(32)18-23(4,5)34-14(3)27-18/h10,12,15,18H,7-9,11H2,1-6H3. The van der Waals surface area contributed by atoms with Crippen molar-refractivity contribution in [2.24, 2.45) is 12.0 Å². The fourth-order valence-corrected chi connectivity index (χ4v) is 4.80. The van der Waals surface area contributed by atoms with Crippen molar-refractivity contribution in [3.63, 3.8) is 0 Å². The van der Waals surface area contributed by atoms with Crippen LogP contribution in [0.2, 0.25) is 0 Å². The zero-order valence-electron chi connectivity index (χ0n) is 20.4. The van der Waals surface area contributed by atoms with Gasteiger partial charge in [0.15, 0.2) is 23.1 Å². The highest BCUT2D eigenvalue weighted by Crippen LogP contribution is 2.31. The number of aliphatic imine (C=N–C) groups is 1. The van der Waals surface area contributed by atoms with Crippen LogP contribution in [0.5, 0.6) is 5.88 Å². The van der Waals surface area contributed by atoms with Gasteiger partial charge in [0.25, 0.3) is 5.91 Å². The normalized spacial score (nSPS) is 21.7. The van der Waals surface area contributed by atoms with E-state index in [0.717, 1.165) is 23.6 Å². The summed E-state index contributed by atoms with van der Waals surface area (Å²) in [6.07, 6.45) is 3.83. The van der Waals surface area contributed by atoms with Crippen LogP contribution in [0.1, 0.15) is 39.8 Å². The molecule has 0 N–H and O–H groups in total. The Balaban J connectivity index is 1.37. The van der Waals surface area contributed by atoms with E-state index in [4.69, 9.17) is 14.5 Å². The fraction of sp³-hybridized carbons (Fsp3) is 0.565. The smallest absolute Gasteiger partial charge is 0.251 e. The van der Waals surface area contributed by atoms with Crippen LogP contribution in [0.15, 0.2) is 17.5 Å². The summed E-state index contributed by atoms with van der Waals surface area (Å²) in [5.74, 6) is 1.69. The minimum Gasteiger partial charge on any atom is -0.472 e. The number of amides is 1. The summed E-state index contributed by atoms with van der Waals surface area (Å²) in [5.41, 5.74) is 2.62. The molecule has 180 valence electrons. The maximum Gasteiger partial charge on any atom is 0.251 e. The second kappa shape index (κ2) is 8.07. The quantitative estimate of drug-likeness (QED) is 0.566. The van der Waals surface area contributed by atoms with E-state index in [1.54, 1.807) is 11.8 Å². The average molecular weight is 467 g/mol. The van der Waals surface area contributed by atoms with Gasteiger partial charge < -0.3 is 18.9 Å². The number of aryl methyl sites for hydroxylation is 2. The minimum atomic E-state index is -0.646. The number of fused-ring (bicyclic) bond motifs is 1. The van der Waals surface area contributed by atoms with Crippen molar-refractivity contribution >= 4 is 23.0 Å². The second-order valence-electron chi connectivity index (χ2n) is 9.37. The molecule has 2 aliphatic heterocycles. The Labute approximate surface area is 197 Å². The zero-order chi connectivity index (χ0) is 24.2. The molecule has 0 saturated carbocycles. The third-order valence-electron chi connectivity index (χ3n) is 6.62. The topological polar surface area (TPSA) is 113 Å². The summed E-state index contributed by atoms with van der Waals surface area (Å²) in [6.45, 7) is 11.5. The Morgan fingerprint density at radius 3 is 2.76 bits per heavy atom. The van der Waals surface area contributed by atoms with Crippen LogP contribution in [-0.4, -0.2) is 76.8 Å². The first-order chi connectivity index (χ1) is 16.2. The van der Waals surface area contributed by atoms with Crippen molar-refractivity contribution in [1.29, 1.82) is 0 Å². The lowest BCUT2D eigenvalue weighted by Gasteiger charge is -2.27. The van der Waals surface area contributed by atoms with Crippen LogP contribution in [-0.2, 0) is 23.1 Å². The van der Waals surface area contributed by atoms with Gasteiger partial charge in [0, 0.05) is 39.2 Å². The molecule has 1 saturated heterocycles. The maximum absolute atomic E-state index is 13.1. The zero-order valence-corrected chi connectivity index (χ0v) is 20.4. The van der Waals surface area contributed by atoms with Crippen LogP contribution >= 0.6 is 0 Å². The molecular weight excluding hydrogens is 436 g/mol. The largest absolute Gasteiger partial charge is 0.472 e. The lowest BCUT2D eigenvalue weighted by Crippen LogP contribution is -2.47. The molecule has 11 heteroatoms. The average Bonchev–Trinajstić information content (AvgIpc) is 3.54. The van der Waals surface area contributed by atoms with Gasteiger partial charge in [-0.05, 0) is 27.7 Å². The predicted molar refractivity (Wildman–Crippen MR) is 126 cm³/mol. The third kappa shape index (κ3) is 3.59. The van der Waals surface area contributed by atoms with Crippen molar-refractivity contribution in [2.75, 3.05) is 13.1 Å². The first kappa shape index (κ1) is 22.3. The van der Waals surface area contributed by atoms with Crippen LogP contribution in [0, 0.1) is 6.92 Å². The molecule has 2 unspecified atom stereocenters. The van der Waals surface area contributed by atoms with E-state index < -0.39 is 11.6 Å². The van der Waals surface area contributed by atoms with Crippen molar-refractivity contribution < 1.29 is 14.3 Å². The summed E-state index contributed by atoms with van der Waals surface area (Å²) in [4.78, 5) is 32.9. The number of carbonyl (C=O) groups is 1. The molecule has 0 radical (unpaired) electrons. The van der Waals surface area contributed by atoms with Crippen molar-refractivity contribution in [1.82, 2.24) is 34.2 Å². The monoisotopic (exact) mass is 466 g/mol. The Hall–Kier alpha value is -3.50. The Kier molecular flexibility index (Phi) is 5.29. The number of aromatic nitrogens is 6. The van der Waals surface area contributed by atoms with Gasteiger partial charge in [-0.25, -0.2) is 15.0 Å². The van der Waals surface area contributed by atoms with Crippen LogP contribution < -0.4 is 4.74 Å². The van der Waals surface area contributed by atoms with E-state index >= 15 is 0 Å². The summed E-state index contributed by atoms with van der Waals surface area (Å²) in [6, 6.07) is -0.539. The molecule has 34 heavy (non-hydrogen) atoms. The van der Waals surface area contributed by atoms with Gasteiger partial charge in [0.1, 0.15) is 23.9 Å². The van der Waals surface area contributed by atoms with E-state index in [1.165, 1.54) is 6.33 Å². The first-order valence-electron chi connectivity index (χ1n) is 11.6. The molecule has 3 aromatic rings. The van der Waals surface area contributed by atoms with Gasteiger partial charge in [-0.3, -0.25) is 9.48 Å². The highest BCUT2D eigenvalue weighted by molar-refractivity contribution is 5.89. The molecule has 2 aliphatic rings. The second-order valence-corrected chi connectivity index (χ2v) is 9.37. The first-order valence-corrected chi connectivity index (χ1v) is 11.6. The molecule has 5 rings (SSSR count). The SMILES string of the molecule is CCn1ncc(-c2nc3c(OC4CCN(C(=O)C5N=C(C)OC5(C)C)C4)ncnc3n2C)c1C. The van der Waals surface area contributed by atoms with E-state index in [-0.39, 0.29) is 12.0 Å². The predicted octanol–water partition coefficient (Wildman–Crippen LogP) is 2.13. The van der Waals surface area contributed by atoms with Crippen LogP contribution in [0.25, 0.3) is 22.6 Å². The van der Waals surface area contributed by atoms with Crippen molar-refractivity contribution in [3.05, 3.63) is 18.2 Å². The number of hydrogen-bond donors (Lipinski definition) is 0. The lowest BCUT2D eigenvalue weighted by molar-refractivity contribution is -0.135. The third-order valence-corrected chi connectivity index (χ3v) is 6.62. The van der Waals surface area contributed by atoms with Gasteiger partial charge in [0.05, 0.1) is 18.3 Å². The molecule has 0 spiro atoms. The van der Waals surface area contributed by atoms with Gasteiger partial charge in [-0.15, -0.1) is 0 Å². The number of carbonyl (C=O) groups excluding carboxylic acids is 1. The van der Waals surface area contributed by atoms with Crippen molar-refractivity contribution in [2.45, 2.75) is 65.3 Å². The number of nitrogens with zero attached hydrogens (tertiary/aromatic N) is 8. The number of imidazole rings is 1. The van der Waals surface area contributed by atoms with Crippen LogP contribution in [0.3, 0.4) is 0 Å². The minimum absolute atomic E-state index is 0.0377. The summed E-state index contributed by atoms with van der Waals surface area (Å²) >= 11 is 0. The number of ether oxygens (including phenoxy) is 2. The molecule has 1 fully saturated rings. The molecule has 2 atom stereocenters. The molecule has 11 nitrogen and oxygen atoms in total. The number of rotatable bonds is 5. The molecule has 1 amide bonds. The van der Waals surface area contributed by atoms with Crippen molar-refractivity contribution in [3.8, 4) is 17.3 Å². The van der Waals surface area contributed by atoms with E-state index in [0.29, 0.717) is 42.5 Å². The molecular formula is C23H30N8O3. The number of likely N-dealkylation sites (tertiary alicyclic amines) is 1. The molecule has 3 aromatic heterocycles. The van der Waals surface area contributed by atoms with E-state index in [9.17, 15) is 4.79 Å². The Morgan fingerprint density at radius 1 is 1.29 bits per heavy atom. The fourth-order valence-electron chi connectivity index (χ4n) is 4.80. The van der Waals surface area contributed by atoms with Gasteiger partial charge in [-0.1, -0.05) is 0 Å². The van der Waals surface area contributed by atoms with Crippen LogP contribution in [0.4, 0.5) is 0 Å². The van der Waals surface area contributed by atoms with Gasteiger partial charge in [0.2, 0.25) is 5.88 Å². The Morgan fingerprint density at radius 2 is 2.09 bits per heavy atom. The lowest BCUT2D eigenvalue weighted by atomic mass is 9.99. The highest BCUT2D eigenvalue weighted by atomic mass is 16.5. The molecule has 0 aromatic carbocycles. The van der Waals surface area contributed by atoms with Gasteiger partial charge >= 0.3 is 0 Å². The Bertz CT molecular complexity index is 1290. The summed E-state index contributed by atoms with van der Waals surface area (Å²) in [5, 5.41) is 4.44. The summed E-state index contributed by atoms with van der Waals surface area (Å²) < 4.78 is 15.8. The molecule has 5 heterocycles. The van der Waals surface area contributed by atoms with E-state index in [1.807, 2.05) is 43.3 Å². The highest BCUT2D eigenvalue weighted by Gasteiger charge is 2.45. The molecule has 0 aliphatic carbocycles. The molecule has 0 bridgehead atoms. The summed E-state index contributed by atoms with van der Waals surface area (Å²) in [7, 11) is 1.92.